The molecule has 0 amide bonds. The van der Waals surface area contributed by atoms with Crippen LogP contribution in [0.2, 0.25) is 0 Å². The standard InChI is InChI=1S/C47H27N5O2S/c1-2-11-28(12-3-1)29-21-23-30(24-22-29)43-50-44(52-45(51-43)35-14-10-20-41-42(35)34-13-4-9-19-40(34)55-41)31-25-32(46-48-36-15-5-7-17-38(36)53-46)27-33(26-31)47-49-37-16-6-8-18-39(37)54-47/h1-27H. The van der Waals surface area contributed by atoms with E-state index in [1.807, 2.05) is 84.9 Å². The fraction of sp³-hybridized carbons (Fsp3) is 0. The van der Waals surface area contributed by atoms with Crippen molar-refractivity contribution in [1.82, 2.24) is 24.9 Å². The van der Waals surface area contributed by atoms with Crippen molar-refractivity contribution in [2.24, 2.45) is 0 Å². The summed E-state index contributed by atoms with van der Waals surface area (Å²) in [5, 5.41) is 2.29. The van der Waals surface area contributed by atoms with Crippen molar-refractivity contribution in [1.29, 1.82) is 0 Å². The van der Waals surface area contributed by atoms with Crippen LogP contribution in [0.1, 0.15) is 0 Å². The second-order valence-corrected chi connectivity index (χ2v) is 14.4. The van der Waals surface area contributed by atoms with Crippen molar-refractivity contribution in [3.63, 3.8) is 0 Å². The zero-order valence-corrected chi connectivity index (χ0v) is 29.9. The van der Waals surface area contributed by atoms with Crippen molar-refractivity contribution in [3.05, 3.63) is 164 Å². The third-order valence-electron chi connectivity index (χ3n) is 9.80. The Hall–Kier alpha value is -7.29. The molecular weight excluding hydrogens is 699 g/mol. The highest BCUT2D eigenvalue weighted by Crippen LogP contribution is 2.40. The molecule has 0 aliphatic rings. The first kappa shape index (κ1) is 31.3. The van der Waals surface area contributed by atoms with Crippen LogP contribution in [-0.2, 0) is 0 Å². The van der Waals surface area contributed by atoms with Crippen LogP contribution in [-0.4, -0.2) is 24.9 Å². The van der Waals surface area contributed by atoms with Crippen LogP contribution in [0.25, 0.3) is 111 Å². The van der Waals surface area contributed by atoms with Crippen LogP contribution in [0.3, 0.4) is 0 Å². The fourth-order valence-corrected chi connectivity index (χ4v) is 8.29. The SMILES string of the molecule is c1ccc(-c2ccc(-c3nc(-c4cc(-c5nc6ccccc6o5)cc(-c5nc6ccccc6o5)c4)nc(-c4cccc5sc6ccccc6c45)n3)cc2)cc1. The Morgan fingerprint density at radius 2 is 0.891 bits per heavy atom. The second kappa shape index (κ2) is 12.7. The lowest BCUT2D eigenvalue weighted by molar-refractivity contribution is 0.617. The number of benzene rings is 7. The summed E-state index contributed by atoms with van der Waals surface area (Å²) in [5.41, 5.74) is 9.24. The molecule has 7 nitrogen and oxygen atoms in total. The van der Waals surface area contributed by atoms with Gasteiger partial charge < -0.3 is 8.83 Å². The van der Waals surface area contributed by atoms with Gasteiger partial charge in [-0.2, -0.15) is 0 Å². The first-order chi connectivity index (χ1) is 27.2. The zero-order chi connectivity index (χ0) is 36.3. The van der Waals surface area contributed by atoms with Gasteiger partial charge in [0.15, 0.2) is 28.6 Å². The topological polar surface area (TPSA) is 90.7 Å². The molecule has 0 fully saturated rings. The van der Waals surface area contributed by atoms with Gasteiger partial charge in [0.1, 0.15) is 11.0 Å². The van der Waals surface area contributed by atoms with E-state index >= 15 is 0 Å². The largest absolute Gasteiger partial charge is 0.436 e. The summed E-state index contributed by atoms with van der Waals surface area (Å²) < 4.78 is 15.0. The molecule has 0 saturated carbocycles. The Kier molecular flexibility index (Phi) is 7.21. The maximum atomic E-state index is 6.29. The van der Waals surface area contributed by atoms with Gasteiger partial charge >= 0.3 is 0 Å². The molecular formula is C47H27N5O2S. The van der Waals surface area contributed by atoms with Crippen LogP contribution >= 0.6 is 11.3 Å². The molecule has 258 valence electrons. The predicted octanol–water partition coefficient (Wildman–Crippen LogP) is 12.5. The highest BCUT2D eigenvalue weighted by atomic mass is 32.1. The minimum atomic E-state index is 0.473. The molecule has 4 heterocycles. The lowest BCUT2D eigenvalue weighted by Gasteiger charge is -2.11. The van der Waals surface area contributed by atoms with E-state index in [0.717, 1.165) is 55.4 Å². The molecule has 11 rings (SSSR count). The molecule has 0 unspecified atom stereocenters. The third kappa shape index (κ3) is 5.55. The Morgan fingerprint density at radius 1 is 0.364 bits per heavy atom. The molecule has 0 atom stereocenters. The number of fused-ring (bicyclic) bond motifs is 5. The van der Waals surface area contributed by atoms with E-state index in [2.05, 4.69) is 78.9 Å². The van der Waals surface area contributed by atoms with Gasteiger partial charge in [0.25, 0.3) is 0 Å². The third-order valence-corrected chi connectivity index (χ3v) is 10.9. The Morgan fingerprint density at radius 3 is 1.58 bits per heavy atom. The van der Waals surface area contributed by atoms with Crippen LogP contribution in [0.4, 0.5) is 0 Å². The first-order valence-corrected chi connectivity index (χ1v) is 18.7. The van der Waals surface area contributed by atoms with Crippen molar-refractivity contribution < 1.29 is 8.83 Å². The molecule has 11 aromatic rings. The summed E-state index contributed by atoms with van der Waals surface area (Å²) in [4.78, 5) is 25.3. The highest BCUT2D eigenvalue weighted by Gasteiger charge is 2.20. The number of hydrogen-bond donors (Lipinski definition) is 0. The lowest BCUT2D eigenvalue weighted by Crippen LogP contribution is -2.01. The summed E-state index contributed by atoms with van der Waals surface area (Å²) in [7, 11) is 0. The summed E-state index contributed by atoms with van der Waals surface area (Å²) in [5.74, 6) is 2.59. The molecule has 0 aliphatic heterocycles. The van der Waals surface area contributed by atoms with E-state index in [1.54, 1.807) is 11.3 Å². The molecule has 8 heteroatoms. The summed E-state index contributed by atoms with van der Waals surface area (Å²) in [6.07, 6.45) is 0. The lowest BCUT2D eigenvalue weighted by atomic mass is 10.0. The number of rotatable bonds is 6. The van der Waals surface area contributed by atoms with Gasteiger partial charge in [-0.1, -0.05) is 109 Å². The van der Waals surface area contributed by atoms with Gasteiger partial charge in [0.2, 0.25) is 11.8 Å². The highest BCUT2D eigenvalue weighted by molar-refractivity contribution is 7.25. The Balaban J connectivity index is 1.14. The van der Waals surface area contributed by atoms with Crippen molar-refractivity contribution in [3.8, 4) is 68.2 Å². The zero-order valence-electron chi connectivity index (χ0n) is 29.0. The van der Waals surface area contributed by atoms with Gasteiger partial charge in [-0.25, -0.2) is 24.9 Å². The van der Waals surface area contributed by atoms with Crippen LogP contribution < -0.4 is 0 Å². The molecule has 0 N–H and O–H groups in total. The van der Waals surface area contributed by atoms with Gasteiger partial charge in [0, 0.05) is 48.0 Å². The molecule has 55 heavy (non-hydrogen) atoms. The maximum absolute atomic E-state index is 6.29. The Labute approximate surface area is 318 Å². The Bertz CT molecular complexity index is 3060. The second-order valence-electron chi connectivity index (χ2n) is 13.3. The predicted molar refractivity (Wildman–Crippen MR) is 220 cm³/mol. The van der Waals surface area contributed by atoms with Gasteiger partial charge in [0.05, 0.1) is 0 Å². The smallest absolute Gasteiger partial charge is 0.227 e. The first-order valence-electron chi connectivity index (χ1n) is 17.9. The number of para-hydroxylation sites is 4. The van der Waals surface area contributed by atoms with Gasteiger partial charge in [-0.3, -0.25) is 0 Å². The van der Waals surface area contributed by atoms with Crippen LogP contribution in [0.5, 0.6) is 0 Å². The monoisotopic (exact) mass is 725 g/mol. The summed E-state index contributed by atoms with van der Waals surface area (Å²) in [6.45, 7) is 0. The van der Waals surface area contributed by atoms with Crippen molar-refractivity contribution in [2.75, 3.05) is 0 Å². The number of oxazole rings is 2. The summed E-state index contributed by atoms with van der Waals surface area (Å²) >= 11 is 1.77. The van der Waals surface area contributed by atoms with Gasteiger partial charge in [-0.15, -0.1) is 11.3 Å². The molecule has 0 spiro atoms. The number of thiophene rings is 1. The van der Waals surface area contributed by atoms with E-state index in [0.29, 0.717) is 40.4 Å². The number of nitrogens with zero attached hydrogens (tertiary/aromatic N) is 5. The van der Waals surface area contributed by atoms with E-state index in [9.17, 15) is 0 Å². The van der Waals surface area contributed by atoms with Crippen LogP contribution in [0, 0.1) is 0 Å². The number of aromatic nitrogens is 5. The molecule has 7 aromatic carbocycles. The fourth-order valence-electron chi connectivity index (χ4n) is 7.15. The molecule has 0 saturated heterocycles. The molecule has 0 bridgehead atoms. The molecule has 0 aliphatic carbocycles. The van der Waals surface area contributed by atoms with Crippen molar-refractivity contribution >= 4 is 53.7 Å². The van der Waals surface area contributed by atoms with E-state index in [1.165, 1.54) is 14.8 Å². The molecule has 4 aromatic heterocycles. The van der Waals surface area contributed by atoms with E-state index in [-0.39, 0.29) is 0 Å². The minimum Gasteiger partial charge on any atom is -0.436 e. The van der Waals surface area contributed by atoms with E-state index in [4.69, 9.17) is 33.8 Å². The normalized spacial score (nSPS) is 11.6. The number of hydrogen-bond acceptors (Lipinski definition) is 8. The summed E-state index contributed by atoms with van der Waals surface area (Å²) in [6, 6.07) is 55.0. The van der Waals surface area contributed by atoms with Crippen LogP contribution in [0.15, 0.2) is 173 Å². The van der Waals surface area contributed by atoms with E-state index < -0.39 is 0 Å². The van der Waals surface area contributed by atoms with Crippen molar-refractivity contribution in [2.45, 2.75) is 0 Å². The minimum absolute atomic E-state index is 0.473. The molecule has 0 radical (unpaired) electrons. The average Bonchev–Trinajstić information content (AvgIpc) is 3.99. The van der Waals surface area contributed by atoms with Gasteiger partial charge in [-0.05, 0) is 65.7 Å². The maximum Gasteiger partial charge on any atom is 0.227 e. The quantitative estimate of drug-likeness (QED) is 0.168. The average molecular weight is 726 g/mol.